The molecule has 4 rings (SSSR count). The minimum Gasteiger partial charge on any atom is -0.493 e. The summed E-state index contributed by atoms with van der Waals surface area (Å²) in [4.78, 5) is 2.14. The molecule has 1 N–H and O–H groups in total. The van der Waals surface area contributed by atoms with Gasteiger partial charge in [0.2, 0.25) is 0 Å². The maximum atomic E-state index is 11.6. The van der Waals surface area contributed by atoms with Crippen molar-refractivity contribution < 1.29 is 14.6 Å². The van der Waals surface area contributed by atoms with Crippen LogP contribution in [0.1, 0.15) is 30.9 Å². The Kier molecular flexibility index (Phi) is 5.28. The van der Waals surface area contributed by atoms with Crippen molar-refractivity contribution in [2.75, 3.05) is 32.2 Å². The van der Waals surface area contributed by atoms with Crippen molar-refractivity contribution in [1.82, 2.24) is 10.2 Å². The molecule has 2 heterocycles. The number of hydrogen-bond donors (Lipinski definition) is 1. The van der Waals surface area contributed by atoms with E-state index in [0.29, 0.717) is 18.0 Å². The lowest BCUT2D eigenvalue weighted by Gasteiger charge is -2.41. The Morgan fingerprint density at radius 3 is 2.66 bits per heavy atom. The second-order valence-corrected chi connectivity index (χ2v) is 7.53. The number of β-amino-alcohol motifs (C(OH)–C–C–N with tert-alkyl or cyclic N) is 1. The number of ether oxygens (including phenoxy) is 2. The van der Waals surface area contributed by atoms with Crippen LogP contribution in [-0.4, -0.2) is 42.6 Å². The molecule has 1 saturated heterocycles. The fourth-order valence-electron chi connectivity index (χ4n) is 4.35. The Labute approximate surface area is 171 Å². The Hall–Kier alpha value is -2.86. The molecule has 1 unspecified atom stereocenters. The number of aliphatic hydroxyl groups is 1. The molecule has 0 amide bonds. The predicted octanol–water partition coefficient (Wildman–Crippen LogP) is 3.70. The predicted molar refractivity (Wildman–Crippen MR) is 114 cm³/mol. The number of hydrogen-bond acceptors (Lipinski definition) is 6. The third kappa shape index (κ3) is 3.49. The number of aryl methyl sites for hydroxylation is 1. The van der Waals surface area contributed by atoms with E-state index in [4.69, 9.17) is 9.47 Å². The zero-order chi connectivity index (χ0) is 20.4. The molecule has 1 aromatic heterocycles. The highest BCUT2D eigenvalue weighted by atomic mass is 16.5. The Balaban J connectivity index is 1.76. The van der Waals surface area contributed by atoms with Crippen LogP contribution in [-0.2, 0) is 12.0 Å². The molecular formula is C23H27N3O3. The number of rotatable bonds is 5. The zero-order valence-corrected chi connectivity index (χ0v) is 17.2. The molecule has 1 aliphatic heterocycles. The lowest BCUT2D eigenvalue weighted by molar-refractivity contribution is 0.0210. The van der Waals surface area contributed by atoms with Gasteiger partial charge in [-0.05, 0) is 42.5 Å². The summed E-state index contributed by atoms with van der Waals surface area (Å²) in [5.74, 6) is 2.07. The van der Waals surface area contributed by atoms with Crippen LogP contribution in [0.4, 0.5) is 5.82 Å². The third-order valence-electron chi connectivity index (χ3n) is 5.82. The minimum absolute atomic E-state index is 0.478. The van der Waals surface area contributed by atoms with Gasteiger partial charge >= 0.3 is 0 Å². The number of nitrogens with zero attached hydrogens (tertiary/aromatic N) is 3. The summed E-state index contributed by atoms with van der Waals surface area (Å²) >= 11 is 0. The lowest BCUT2D eigenvalue weighted by atomic mass is 9.82. The number of aromatic nitrogens is 2. The van der Waals surface area contributed by atoms with E-state index in [1.165, 1.54) is 5.56 Å². The van der Waals surface area contributed by atoms with Crippen LogP contribution in [0.15, 0.2) is 42.6 Å². The SMILES string of the molecule is CCc1ccccc1C1(O)CCCN(c2nncc3cc(OC)c(OC)cc23)C1. The molecule has 3 aromatic rings. The molecule has 1 fully saturated rings. The molecule has 0 radical (unpaired) electrons. The number of benzene rings is 2. The Bertz CT molecular complexity index is 1020. The van der Waals surface area contributed by atoms with E-state index in [2.05, 4.69) is 28.1 Å². The largest absolute Gasteiger partial charge is 0.493 e. The van der Waals surface area contributed by atoms with Crippen molar-refractivity contribution in [3.8, 4) is 11.5 Å². The summed E-state index contributed by atoms with van der Waals surface area (Å²) in [5.41, 5.74) is 1.29. The number of piperidine rings is 1. The van der Waals surface area contributed by atoms with Crippen LogP contribution < -0.4 is 14.4 Å². The molecule has 29 heavy (non-hydrogen) atoms. The summed E-state index contributed by atoms with van der Waals surface area (Å²) in [6.07, 6.45) is 4.22. The number of methoxy groups -OCH3 is 2. The van der Waals surface area contributed by atoms with E-state index in [0.717, 1.165) is 48.0 Å². The standard InChI is InChI=1S/C23H27N3O3/c1-4-16-8-5-6-9-19(16)23(27)10-7-11-26(15-23)22-18-13-21(29-3)20(28-2)12-17(18)14-24-25-22/h5-6,8-9,12-14,27H,4,7,10-11,15H2,1-3H3. The van der Waals surface area contributed by atoms with Crippen LogP contribution in [0.5, 0.6) is 11.5 Å². The first kappa shape index (κ1) is 19.5. The molecule has 2 aromatic carbocycles. The number of anilines is 1. The zero-order valence-electron chi connectivity index (χ0n) is 17.2. The summed E-state index contributed by atoms with van der Waals surface area (Å²) in [6, 6.07) is 12.0. The maximum absolute atomic E-state index is 11.6. The molecule has 0 bridgehead atoms. The highest BCUT2D eigenvalue weighted by Gasteiger charge is 2.37. The molecule has 1 atom stereocenters. The summed E-state index contributed by atoms with van der Waals surface area (Å²) in [6.45, 7) is 3.42. The smallest absolute Gasteiger partial charge is 0.161 e. The first-order valence-electron chi connectivity index (χ1n) is 10.0. The topological polar surface area (TPSA) is 67.7 Å². The van der Waals surface area contributed by atoms with Gasteiger partial charge in [-0.15, -0.1) is 5.10 Å². The van der Waals surface area contributed by atoms with Crippen LogP contribution in [0, 0.1) is 0 Å². The molecule has 6 nitrogen and oxygen atoms in total. The van der Waals surface area contributed by atoms with Gasteiger partial charge in [-0.25, -0.2) is 0 Å². The summed E-state index contributed by atoms with van der Waals surface area (Å²) < 4.78 is 10.9. The average Bonchev–Trinajstić information content (AvgIpc) is 2.77. The molecule has 6 heteroatoms. The monoisotopic (exact) mass is 393 g/mol. The molecule has 0 saturated carbocycles. The van der Waals surface area contributed by atoms with E-state index in [1.54, 1.807) is 20.4 Å². The lowest BCUT2D eigenvalue weighted by Crippen LogP contribution is -2.47. The summed E-state index contributed by atoms with van der Waals surface area (Å²) in [5, 5.41) is 22.1. The van der Waals surface area contributed by atoms with Gasteiger partial charge < -0.3 is 19.5 Å². The van der Waals surface area contributed by atoms with Crippen LogP contribution in [0.25, 0.3) is 10.8 Å². The maximum Gasteiger partial charge on any atom is 0.161 e. The first-order valence-corrected chi connectivity index (χ1v) is 10.0. The van der Waals surface area contributed by atoms with E-state index in [1.807, 2.05) is 30.3 Å². The van der Waals surface area contributed by atoms with Gasteiger partial charge in [-0.1, -0.05) is 31.2 Å². The van der Waals surface area contributed by atoms with Gasteiger partial charge in [0.05, 0.1) is 27.0 Å². The summed E-state index contributed by atoms with van der Waals surface area (Å²) in [7, 11) is 3.24. The number of fused-ring (bicyclic) bond motifs is 1. The van der Waals surface area contributed by atoms with Crippen LogP contribution in [0.2, 0.25) is 0 Å². The van der Waals surface area contributed by atoms with Gasteiger partial charge in [0.25, 0.3) is 0 Å². The van der Waals surface area contributed by atoms with Crippen molar-refractivity contribution >= 4 is 16.6 Å². The highest BCUT2D eigenvalue weighted by molar-refractivity contribution is 5.94. The van der Waals surface area contributed by atoms with Crippen molar-refractivity contribution in [3.63, 3.8) is 0 Å². The van der Waals surface area contributed by atoms with Gasteiger partial charge in [-0.3, -0.25) is 0 Å². The quantitative estimate of drug-likeness (QED) is 0.713. The third-order valence-corrected chi connectivity index (χ3v) is 5.82. The molecule has 152 valence electrons. The van der Waals surface area contributed by atoms with E-state index in [-0.39, 0.29) is 0 Å². The van der Waals surface area contributed by atoms with Crippen molar-refractivity contribution in [3.05, 3.63) is 53.7 Å². The molecule has 0 spiro atoms. The average molecular weight is 393 g/mol. The molecule has 0 aliphatic carbocycles. The van der Waals surface area contributed by atoms with E-state index in [9.17, 15) is 5.11 Å². The van der Waals surface area contributed by atoms with Gasteiger partial charge in [-0.2, -0.15) is 5.10 Å². The van der Waals surface area contributed by atoms with Crippen LogP contribution in [0.3, 0.4) is 0 Å². The van der Waals surface area contributed by atoms with Gasteiger partial charge in [0.15, 0.2) is 17.3 Å². The normalized spacial score (nSPS) is 19.4. The first-order chi connectivity index (χ1) is 14.1. The van der Waals surface area contributed by atoms with Crippen molar-refractivity contribution in [2.45, 2.75) is 31.8 Å². The van der Waals surface area contributed by atoms with E-state index >= 15 is 0 Å². The van der Waals surface area contributed by atoms with Gasteiger partial charge in [0, 0.05) is 17.3 Å². The Morgan fingerprint density at radius 2 is 1.90 bits per heavy atom. The van der Waals surface area contributed by atoms with Crippen molar-refractivity contribution in [2.24, 2.45) is 0 Å². The molecule has 1 aliphatic rings. The minimum atomic E-state index is -0.911. The van der Waals surface area contributed by atoms with Crippen molar-refractivity contribution in [1.29, 1.82) is 0 Å². The van der Waals surface area contributed by atoms with E-state index < -0.39 is 5.60 Å². The fraction of sp³-hybridized carbons (Fsp3) is 0.391. The van der Waals surface area contributed by atoms with Gasteiger partial charge in [0.1, 0.15) is 5.60 Å². The second kappa shape index (κ2) is 7.87. The highest BCUT2D eigenvalue weighted by Crippen LogP contribution is 2.39. The fourth-order valence-corrected chi connectivity index (χ4v) is 4.35. The second-order valence-electron chi connectivity index (χ2n) is 7.53. The molecular weight excluding hydrogens is 366 g/mol. The Morgan fingerprint density at radius 1 is 1.14 bits per heavy atom. The van der Waals surface area contributed by atoms with Crippen LogP contribution >= 0.6 is 0 Å².